The Hall–Kier alpha value is -3.90. The van der Waals surface area contributed by atoms with Gasteiger partial charge in [0.15, 0.2) is 0 Å². The molecule has 3 aromatic carbocycles. The first-order chi connectivity index (χ1) is 15.7. The fraction of sp³-hybridized carbons (Fsp3) is 0.115. The van der Waals surface area contributed by atoms with Crippen LogP contribution < -0.4 is 15.5 Å². The molecule has 0 radical (unpaired) electrons. The van der Waals surface area contributed by atoms with Crippen LogP contribution in [0.2, 0.25) is 5.02 Å². The maximum Gasteiger partial charge on any atom is 0.282 e. The zero-order chi connectivity index (χ0) is 23.7. The molecule has 1 aliphatic rings. The van der Waals surface area contributed by atoms with Gasteiger partial charge in [-0.1, -0.05) is 29.8 Å². The van der Waals surface area contributed by atoms with E-state index in [-0.39, 0.29) is 11.6 Å². The quantitative estimate of drug-likeness (QED) is 0.507. The number of hydrogen-bond acceptors (Lipinski definition) is 4. The highest BCUT2D eigenvalue weighted by molar-refractivity contribution is 6.46. The van der Waals surface area contributed by atoms with E-state index in [4.69, 9.17) is 11.6 Å². The summed E-state index contributed by atoms with van der Waals surface area (Å²) >= 11 is 5.99. The van der Waals surface area contributed by atoms with Crippen molar-refractivity contribution >= 4 is 52.0 Å². The van der Waals surface area contributed by atoms with Crippen LogP contribution in [0.4, 0.5) is 17.1 Å². The van der Waals surface area contributed by atoms with Crippen LogP contribution in [0.15, 0.2) is 72.4 Å². The number of amides is 3. The molecule has 0 bridgehead atoms. The fourth-order valence-corrected chi connectivity index (χ4v) is 3.75. The first-order valence-corrected chi connectivity index (χ1v) is 10.7. The van der Waals surface area contributed by atoms with Gasteiger partial charge in [0, 0.05) is 23.3 Å². The molecular weight excluding hydrogens is 438 g/mol. The minimum atomic E-state index is -0.457. The lowest BCUT2D eigenvalue weighted by atomic mass is 9.99. The number of rotatable bonds is 5. The van der Waals surface area contributed by atoms with E-state index in [0.29, 0.717) is 33.2 Å². The standard InChI is InChI=1S/C26H22ClN3O3/c1-15-4-5-18(14-16(15)2)23-24(29-21-10-8-20(9-11-21)28-17(3)31)26(33)30(25(23)32)22-12-6-19(27)7-13-22/h4-14,29H,1-3H3,(H,28,31). The minimum Gasteiger partial charge on any atom is -0.350 e. The minimum absolute atomic E-state index is 0.175. The molecule has 0 fully saturated rings. The van der Waals surface area contributed by atoms with E-state index in [1.54, 1.807) is 48.5 Å². The molecule has 166 valence electrons. The number of aryl methyl sites for hydroxylation is 2. The number of carbonyl (C=O) groups is 3. The second-order valence-electron chi connectivity index (χ2n) is 7.85. The van der Waals surface area contributed by atoms with Gasteiger partial charge in [-0.3, -0.25) is 14.4 Å². The van der Waals surface area contributed by atoms with E-state index >= 15 is 0 Å². The van der Waals surface area contributed by atoms with Crippen molar-refractivity contribution in [1.82, 2.24) is 0 Å². The summed E-state index contributed by atoms with van der Waals surface area (Å²) in [7, 11) is 0. The summed E-state index contributed by atoms with van der Waals surface area (Å²) in [4.78, 5) is 39.4. The number of anilines is 3. The smallest absolute Gasteiger partial charge is 0.282 e. The lowest BCUT2D eigenvalue weighted by molar-refractivity contribution is -0.120. The Labute approximate surface area is 196 Å². The van der Waals surface area contributed by atoms with Crippen molar-refractivity contribution in [3.8, 4) is 0 Å². The van der Waals surface area contributed by atoms with E-state index in [0.717, 1.165) is 16.0 Å². The van der Waals surface area contributed by atoms with Crippen LogP contribution in [0, 0.1) is 13.8 Å². The molecule has 0 spiro atoms. The lowest BCUT2D eigenvalue weighted by Gasteiger charge is -2.15. The van der Waals surface area contributed by atoms with Crippen LogP contribution in [0.25, 0.3) is 5.57 Å². The van der Waals surface area contributed by atoms with Gasteiger partial charge in [-0.2, -0.15) is 0 Å². The maximum atomic E-state index is 13.5. The fourth-order valence-electron chi connectivity index (χ4n) is 3.62. The van der Waals surface area contributed by atoms with Crippen molar-refractivity contribution in [2.75, 3.05) is 15.5 Å². The molecule has 0 aliphatic carbocycles. The Morgan fingerprint density at radius 2 is 1.45 bits per heavy atom. The zero-order valence-electron chi connectivity index (χ0n) is 18.4. The molecule has 7 heteroatoms. The van der Waals surface area contributed by atoms with Crippen LogP contribution in [0.5, 0.6) is 0 Å². The van der Waals surface area contributed by atoms with Gasteiger partial charge in [-0.15, -0.1) is 0 Å². The topological polar surface area (TPSA) is 78.5 Å². The summed E-state index contributed by atoms with van der Waals surface area (Å²) in [5.74, 6) is -1.05. The molecule has 1 aliphatic heterocycles. The maximum absolute atomic E-state index is 13.5. The van der Waals surface area contributed by atoms with E-state index in [1.165, 1.54) is 6.92 Å². The van der Waals surface area contributed by atoms with E-state index in [9.17, 15) is 14.4 Å². The molecule has 0 unspecified atom stereocenters. The number of nitrogens with zero attached hydrogens (tertiary/aromatic N) is 1. The normalized spacial score (nSPS) is 13.5. The highest BCUT2D eigenvalue weighted by atomic mass is 35.5. The van der Waals surface area contributed by atoms with E-state index in [1.807, 2.05) is 32.0 Å². The first kappa shape index (κ1) is 22.3. The molecule has 2 N–H and O–H groups in total. The van der Waals surface area contributed by atoms with Crippen LogP contribution in [0.1, 0.15) is 23.6 Å². The Balaban J connectivity index is 1.77. The number of nitrogens with one attached hydrogen (secondary N) is 2. The van der Waals surface area contributed by atoms with Crippen molar-refractivity contribution in [3.05, 3.63) is 94.1 Å². The molecule has 33 heavy (non-hydrogen) atoms. The third-order valence-corrected chi connectivity index (χ3v) is 5.69. The largest absolute Gasteiger partial charge is 0.350 e. The number of halogens is 1. The average Bonchev–Trinajstić information content (AvgIpc) is 3.01. The van der Waals surface area contributed by atoms with Gasteiger partial charge in [0.25, 0.3) is 11.8 Å². The van der Waals surface area contributed by atoms with Gasteiger partial charge in [-0.05, 0) is 79.1 Å². The van der Waals surface area contributed by atoms with Gasteiger partial charge < -0.3 is 10.6 Å². The predicted molar refractivity (Wildman–Crippen MR) is 131 cm³/mol. The van der Waals surface area contributed by atoms with Crippen LogP contribution in [0.3, 0.4) is 0 Å². The summed E-state index contributed by atoms with van der Waals surface area (Å²) < 4.78 is 0. The predicted octanol–water partition coefficient (Wildman–Crippen LogP) is 5.31. The van der Waals surface area contributed by atoms with Crippen LogP contribution >= 0.6 is 11.6 Å². The lowest BCUT2D eigenvalue weighted by Crippen LogP contribution is -2.32. The van der Waals surface area contributed by atoms with Gasteiger partial charge in [0.2, 0.25) is 5.91 Å². The van der Waals surface area contributed by atoms with E-state index in [2.05, 4.69) is 10.6 Å². The average molecular weight is 460 g/mol. The summed E-state index contributed by atoms with van der Waals surface area (Å²) in [5.41, 5.74) is 4.93. The Morgan fingerprint density at radius 1 is 0.818 bits per heavy atom. The summed E-state index contributed by atoms with van der Waals surface area (Å²) in [6.45, 7) is 5.39. The van der Waals surface area contributed by atoms with Crippen molar-refractivity contribution in [2.24, 2.45) is 0 Å². The molecule has 0 saturated heterocycles. The van der Waals surface area contributed by atoms with Gasteiger partial charge >= 0.3 is 0 Å². The molecule has 0 atom stereocenters. The number of hydrogen-bond donors (Lipinski definition) is 2. The van der Waals surface area contributed by atoms with Crippen molar-refractivity contribution in [3.63, 3.8) is 0 Å². The molecule has 1 heterocycles. The highest BCUT2D eigenvalue weighted by Crippen LogP contribution is 2.35. The van der Waals surface area contributed by atoms with Crippen molar-refractivity contribution in [1.29, 1.82) is 0 Å². The summed E-state index contributed by atoms with van der Waals surface area (Å²) in [6, 6.07) is 19.1. The number of benzene rings is 3. The third-order valence-electron chi connectivity index (χ3n) is 5.44. The van der Waals surface area contributed by atoms with Gasteiger partial charge in [0.05, 0.1) is 11.3 Å². The summed E-state index contributed by atoms with van der Waals surface area (Å²) in [6.07, 6.45) is 0. The highest BCUT2D eigenvalue weighted by Gasteiger charge is 2.40. The molecule has 3 amide bonds. The Bertz CT molecular complexity index is 1300. The van der Waals surface area contributed by atoms with E-state index < -0.39 is 11.8 Å². The van der Waals surface area contributed by atoms with Crippen LogP contribution in [-0.4, -0.2) is 17.7 Å². The third kappa shape index (κ3) is 4.52. The molecule has 4 rings (SSSR count). The van der Waals surface area contributed by atoms with Crippen molar-refractivity contribution < 1.29 is 14.4 Å². The molecule has 0 aromatic heterocycles. The molecule has 0 saturated carbocycles. The number of imide groups is 1. The summed E-state index contributed by atoms with van der Waals surface area (Å²) in [5, 5.41) is 6.34. The molecule has 3 aromatic rings. The molecular formula is C26H22ClN3O3. The monoisotopic (exact) mass is 459 g/mol. The first-order valence-electron chi connectivity index (χ1n) is 10.4. The Kier molecular flexibility index (Phi) is 6.03. The van der Waals surface area contributed by atoms with Gasteiger partial charge in [-0.25, -0.2) is 4.90 Å². The molecule has 6 nitrogen and oxygen atoms in total. The second kappa shape index (κ2) is 8.92. The van der Waals surface area contributed by atoms with Gasteiger partial charge in [0.1, 0.15) is 5.70 Å². The number of carbonyl (C=O) groups excluding carboxylic acids is 3. The zero-order valence-corrected chi connectivity index (χ0v) is 19.2. The Morgan fingerprint density at radius 3 is 2.06 bits per heavy atom. The van der Waals surface area contributed by atoms with Crippen LogP contribution in [-0.2, 0) is 14.4 Å². The second-order valence-corrected chi connectivity index (χ2v) is 8.29. The van der Waals surface area contributed by atoms with Crippen molar-refractivity contribution in [2.45, 2.75) is 20.8 Å². The SMILES string of the molecule is CC(=O)Nc1ccc(NC2=C(c3ccc(C)c(C)c3)C(=O)N(c3ccc(Cl)cc3)C2=O)cc1.